The Morgan fingerprint density at radius 2 is 1.88 bits per heavy atom. The largest absolute Gasteiger partial charge is 0.369 e. The Labute approximate surface area is 154 Å². The van der Waals surface area contributed by atoms with E-state index in [1.54, 1.807) is 31.2 Å². The molecule has 138 valence electrons. The Balaban J connectivity index is 1.92. The van der Waals surface area contributed by atoms with E-state index in [0.29, 0.717) is 11.3 Å². The number of primary amides is 1. The lowest BCUT2D eigenvalue weighted by molar-refractivity contribution is -0.116. The van der Waals surface area contributed by atoms with Crippen molar-refractivity contribution >= 4 is 29.3 Å². The van der Waals surface area contributed by atoms with Crippen LogP contribution in [0, 0.1) is 11.6 Å². The van der Waals surface area contributed by atoms with Gasteiger partial charge in [0.15, 0.2) is 11.6 Å². The van der Waals surface area contributed by atoms with E-state index in [4.69, 9.17) is 5.73 Å². The van der Waals surface area contributed by atoms with Gasteiger partial charge in [0.05, 0.1) is 18.0 Å². The van der Waals surface area contributed by atoms with Crippen LogP contribution in [0.25, 0.3) is 0 Å². The molecule has 5 nitrogen and oxygen atoms in total. The third-order valence-corrected chi connectivity index (χ3v) is 4.64. The van der Waals surface area contributed by atoms with Crippen molar-refractivity contribution in [3.8, 4) is 0 Å². The SMILES string of the molecule is C[C@@H](NCC(=O)Nc1ccccc1SCC(N)=O)c1ccc(F)c(F)c1. The van der Waals surface area contributed by atoms with E-state index in [1.807, 2.05) is 0 Å². The van der Waals surface area contributed by atoms with E-state index in [-0.39, 0.29) is 24.2 Å². The number of nitrogens with two attached hydrogens (primary N) is 1. The number of hydrogen-bond acceptors (Lipinski definition) is 4. The van der Waals surface area contributed by atoms with Crippen molar-refractivity contribution in [2.24, 2.45) is 5.73 Å². The summed E-state index contributed by atoms with van der Waals surface area (Å²) >= 11 is 1.23. The van der Waals surface area contributed by atoms with Crippen molar-refractivity contribution in [3.63, 3.8) is 0 Å². The summed E-state index contributed by atoms with van der Waals surface area (Å²) in [5.41, 5.74) is 6.25. The molecule has 0 saturated carbocycles. The van der Waals surface area contributed by atoms with Crippen LogP contribution in [0.4, 0.5) is 14.5 Å². The van der Waals surface area contributed by atoms with E-state index in [9.17, 15) is 18.4 Å². The van der Waals surface area contributed by atoms with Crippen molar-refractivity contribution in [1.29, 1.82) is 0 Å². The number of carbonyl (C=O) groups excluding carboxylic acids is 2. The zero-order valence-electron chi connectivity index (χ0n) is 14.1. The van der Waals surface area contributed by atoms with Crippen LogP contribution in [0.1, 0.15) is 18.5 Å². The number of halogens is 2. The molecule has 2 aromatic carbocycles. The van der Waals surface area contributed by atoms with Gasteiger partial charge in [0.2, 0.25) is 11.8 Å². The molecular weight excluding hydrogens is 360 g/mol. The number of thioether (sulfide) groups is 1. The van der Waals surface area contributed by atoms with E-state index < -0.39 is 17.5 Å². The Kier molecular flexibility index (Phi) is 7.11. The van der Waals surface area contributed by atoms with Gasteiger partial charge in [0, 0.05) is 10.9 Å². The van der Waals surface area contributed by atoms with Crippen LogP contribution in [0.2, 0.25) is 0 Å². The van der Waals surface area contributed by atoms with Crippen LogP contribution in [-0.2, 0) is 9.59 Å². The monoisotopic (exact) mass is 379 g/mol. The minimum Gasteiger partial charge on any atom is -0.369 e. The van der Waals surface area contributed by atoms with E-state index in [2.05, 4.69) is 10.6 Å². The third-order valence-electron chi connectivity index (χ3n) is 3.54. The molecule has 0 bridgehead atoms. The van der Waals surface area contributed by atoms with Gasteiger partial charge in [-0.15, -0.1) is 11.8 Å². The maximum Gasteiger partial charge on any atom is 0.238 e. The second-order valence-electron chi connectivity index (χ2n) is 5.58. The minimum atomic E-state index is -0.930. The molecular formula is C18H19F2N3O2S. The molecule has 0 aromatic heterocycles. The Morgan fingerprint density at radius 1 is 1.15 bits per heavy atom. The molecule has 2 amide bonds. The fraction of sp³-hybridized carbons (Fsp3) is 0.222. The number of hydrogen-bond donors (Lipinski definition) is 3. The Morgan fingerprint density at radius 3 is 2.58 bits per heavy atom. The van der Waals surface area contributed by atoms with Crippen LogP contribution >= 0.6 is 11.8 Å². The fourth-order valence-corrected chi connectivity index (χ4v) is 2.93. The van der Waals surface area contributed by atoms with Crippen LogP contribution in [0.5, 0.6) is 0 Å². The molecule has 0 fully saturated rings. The first-order chi connectivity index (χ1) is 12.4. The van der Waals surface area contributed by atoms with Gasteiger partial charge in [0.1, 0.15) is 0 Å². The molecule has 26 heavy (non-hydrogen) atoms. The normalized spacial score (nSPS) is 11.8. The van der Waals surface area contributed by atoms with Crippen molar-refractivity contribution in [2.45, 2.75) is 17.9 Å². The number of para-hydroxylation sites is 1. The first-order valence-corrected chi connectivity index (χ1v) is 8.83. The highest BCUT2D eigenvalue weighted by Crippen LogP contribution is 2.26. The van der Waals surface area contributed by atoms with Gasteiger partial charge in [-0.1, -0.05) is 18.2 Å². The third kappa shape index (κ3) is 5.82. The summed E-state index contributed by atoms with van der Waals surface area (Å²) in [7, 11) is 0. The van der Waals surface area contributed by atoms with Gasteiger partial charge in [0.25, 0.3) is 0 Å². The predicted molar refractivity (Wildman–Crippen MR) is 97.8 cm³/mol. The van der Waals surface area contributed by atoms with Crippen molar-refractivity contribution in [1.82, 2.24) is 5.32 Å². The summed E-state index contributed by atoms with van der Waals surface area (Å²) in [4.78, 5) is 23.8. The molecule has 2 rings (SSSR count). The van der Waals surface area contributed by atoms with E-state index in [0.717, 1.165) is 17.0 Å². The summed E-state index contributed by atoms with van der Waals surface area (Å²) in [5, 5.41) is 5.71. The van der Waals surface area contributed by atoms with Gasteiger partial charge in [-0.05, 0) is 36.8 Å². The first kappa shape index (κ1) is 19.9. The lowest BCUT2D eigenvalue weighted by Crippen LogP contribution is -2.30. The van der Waals surface area contributed by atoms with Crippen LogP contribution in [0.3, 0.4) is 0 Å². The molecule has 0 radical (unpaired) electrons. The highest BCUT2D eigenvalue weighted by molar-refractivity contribution is 8.00. The summed E-state index contributed by atoms with van der Waals surface area (Å²) in [5.74, 6) is -2.48. The summed E-state index contributed by atoms with van der Waals surface area (Å²) in [6, 6.07) is 10.3. The van der Waals surface area contributed by atoms with Gasteiger partial charge in [-0.25, -0.2) is 8.78 Å². The summed E-state index contributed by atoms with van der Waals surface area (Å²) < 4.78 is 26.3. The second-order valence-corrected chi connectivity index (χ2v) is 6.59. The number of nitrogens with one attached hydrogen (secondary N) is 2. The molecule has 0 aliphatic carbocycles. The van der Waals surface area contributed by atoms with Crippen LogP contribution in [0.15, 0.2) is 47.4 Å². The van der Waals surface area contributed by atoms with Gasteiger partial charge in [-0.2, -0.15) is 0 Å². The van der Waals surface area contributed by atoms with Crippen molar-refractivity contribution in [3.05, 3.63) is 59.7 Å². The van der Waals surface area contributed by atoms with Crippen LogP contribution in [-0.4, -0.2) is 24.1 Å². The van der Waals surface area contributed by atoms with Crippen LogP contribution < -0.4 is 16.4 Å². The van der Waals surface area contributed by atoms with Crippen molar-refractivity contribution in [2.75, 3.05) is 17.6 Å². The zero-order valence-corrected chi connectivity index (χ0v) is 14.9. The average molecular weight is 379 g/mol. The lowest BCUT2D eigenvalue weighted by atomic mass is 10.1. The zero-order chi connectivity index (χ0) is 19.1. The molecule has 8 heteroatoms. The molecule has 2 aromatic rings. The van der Waals surface area contributed by atoms with E-state index >= 15 is 0 Å². The summed E-state index contributed by atoms with van der Waals surface area (Å²) in [6.07, 6.45) is 0. The fourth-order valence-electron chi connectivity index (χ4n) is 2.18. The lowest BCUT2D eigenvalue weighted by Gasteiger charge is -2.15. The molecule has 0 aliphatic heterocycles. The van der Waals surface area contributed by atoms with Crippen molar-refractivity contribution < 1.29 is 18.4 Å². The first-order valence-electron chi connectivity index (χ1n) is 7.85. The van der Waals surface area contributed by atoms with E-state index in [1.165, 1.54) is 17.8 Å². The minimum absolute atomic E-state index is 0.0189. The topological polar surface area (TPSA) is 84.2 Å². The Hall–Kier alpha value is -2.45. The highest BCUT2D eigenvalue weighted by Gasteiger charge is 2.12. The maximum absolute atomic E-state index is 13.3. The molecule has 0 unspecified atom stereocenters. The standard InChI is InChI=1S/C18H19F2N3O2S/c1-11(12-6-7-13(19)14(20)8-12)22-9-18(25)23-15-4-2-3-5-16(15)26-10-17(21)24/h2-8,11,22H,9-10H2,1H3,(H2,21,24)(H,23,25)/t11-/m1/s1. The molecule has 0 spiro atoms. The molecule has 1 atom stereocenters. The van der Waals surface area contributed by atoms with Gasteiger partial charge in [-0.3, -0.25) is 9.59 Å². The maximum atomic E-state index is 13.3. The number of carbonyl (C=O) groups is 2. The molecule has 4 N–H and O–H groups in total. The quantitative estimate of drug-likeness (QED) is 0.616. The molecule has 0 saturated heterocycles. The molecule has 0 heterocycles. The predicted octanol–water partition coefficient (Wildman–Crippen LogP) is 2.83. The van der Waals surface area contributed by atoms with Gasteiger partial charge >= 0.3 is 0 Å². The summed E-state index contributed by atoms with van der Waals surface area (Å²) in [6.45, 7) is 1.73. The second kappa shape index (κ2) is 9.30. The Bertz CT molecular complexity index is 802. The average Bonchev–Trinajstić information content (AvgIpc) is 2.61. The molecule has 0 aliphatic rings. The van der Waals surface area contributed by atoms with Gasteiger partial charge < -0.3 is 16.4 Å². The number of anilines is 1. The number of rotatable bonds is 8. The highest BCUT2D eigenvalue weighted by atomic mass is 32.2. The smallest absolute Gasteiger partial charge is 0.238 e. The number of amides is 2. The number of benzene rings is 2.